The number of amides is 2. The number of benzene rings is 2. The van der Waals surface area contributed by atoms with Crippen LogP contribution in [0.4, 0.5) is 14.9 Å². The lowest BCUT2D eigenvalue weighted by atomic mass is 10.1. The van der Waals surface area contributed by atoms with Crippen LogP contribution in [0.25, 0.3) is 0 Å². The van der Waals surface area contributed by atoms with E-state index >= 15 is 0 Å². The van der Waals surface area contributed by atoms with Crippen LogP contribution in [0.3, 0.4) is 0 Å². The number of urea groups is 1. The Morgan fingerprint density at radius 2 is 2.08 bits per heavy atom. The molecule has 0 aliphatic rings. The van der Waals surface area contributed by atoms with E-state index in [1.165, 1.54) is 18.4 Å². The summed E-state index contributed by atoms with van der Waals surface area (Å²) in [7, 11) is -1.43. The second-order valence-corrected chi connectivity index (χ2v) is 6.59. The summed E-state index contributed by atoms with van der Waals surface area (Å²) in [4.78, 5) is 11.9. The normalized spacial score (nSPS) is 11.4. The Hall–Kier alpha value is -2.43. The van der Waals surface area contributed by atoms with Crippen LogP contribution >= 0.6 is 11.6 Å². The fourth-order valence-corrected chi connectivity index (χ4v) is 2.77. The van der Waals surface area contributed by atoms with Crippen LogP contribution in [0.1, 0.15) is 11.1 Å². The minimum atomic E-state index is -1.43. The molecular weight excluding hydrogens is 353 g/mol. The molecule has 124 valence electrons. The number of hydrogen-bond donors (Lipinski definition) is 2. The number of anilines is 1. The summed E-state index contributed by atoms with van der Waals surface area (Å²) in [5, 5.41) is 14.2. The third-order valence-corrected chi connectivity index (χ3v) is 4.37. The maximum atomic E-state index is 13.7. The molecule has 0 spiro atoms. The van der Waals surface area contributed by atoms with Crippen molar-refractivity contribution in [2.75, 3.05) is 11.6 Å². The molecule has 0 bridgehead atoms. The maximum Gasteiger partial charge on any atom is 0.319 e. The van der Waals surface area contributed by atoms with Crippen LogP contribution in [-0.4, -0.2) is 16.5 Å². The standard InChI is InChI=1S/C16H13ClFN3O2S/c1-24(23)15-5-4-12(7-14(15)18)21-16(22)20-9-10-2-3-11(8-19)13(17)6-10/h2-7H,9H2,1H3,(H2,20,21,22). The summed E-state index contributed by atoms with van der Waals surface area (Å²) in [6.45, 7) is 0.191. The van der Waals surface area contributed by atoms with Crippen LogP contribution in [0.15, 0.2) is 41.3 Å². The van der Waals surface area contributed by atoms with Crippen molar-refractivity contribution in [3.63, 3.8) is 0 Å². The van der Waals surface area contributed by atoms with Crippen LogP contribution in [0.5, 0.6) is 0 Å². The summed E-state index contributed by atoms with van der Waals surface area (Å²) in [6.07, 6.45) is 1.38. The first-order chi connectivity index (χ1) is 11.4. The second kappa shape index (κ2) is 7.90. The number of carbonyl (C=O) groups is 1. The molecule has 0 saturated heterocycles. The van der Waals surface area contributed by atoms with Crippen molar-refractivity contribution in [3.8, 4) is 6.07 Å². The van der Waals surface area contributed by atoms with Gasteiger partial charge in [-0.25, -0.2) is 9.18 Å². The molecule has 1 unspecified atom stereocenters. The van der Waals surface area contributed by atoms with Crippen molar-refractivity contribution in [1.29, 1.82) is 5.26 Å². The van der Waals surface area contributed by atoms with Crippen molar-refractivity contribution in [2.45, 2.75) is 11.4 Å². The predicted octanol–water partition coefficient (Wildman–Crippen LogP) is 3.41. The molecule has 0 fully saturated rings. The first kappa shape index (κ1) is 17.9. The molecule has 8 heteroatoms. The van der Waals surface area contributed by atoms with E-state index in [4.69, 9.17) is 16.9 Å². The van der Waals surface area contributed by atoms with Gasteiger partial charge < -0.3 is 10.6 Å². The van der Waals surface area contributed by atoms with Gasteiger partial charge in [0.1, 0.15) is 11.9 Å². The van der Waals surface area contributed by atoms with Gasteiger partial charge in [0.2, 0.25) is 0 Å². The molecule has 2 aromatic rings. The van der Waals surface area contributed by atoms with Crippen molar-refractivity contribution >= 4 is 34.1 Å². The Balaban J connectivity index is 1.96. The van der Waals surface area contributed by atoms with Gasteiger partial charge in [-0.2, -0.15) is 5.26 Å². The number of nitrogens with one attached hydrogen (secondary N) is 2. The smallest absolute Gasteiger partial charge is 0.319 e. The molecule has 0 aromatic heterocycles. The van der Waals surface area contributed by atoms with Gasteiger partial charge in [-0.05, 0) is 35.9 Å². The van der Waals surface area contributed by atoms with Gasteiger partial charge in [0.15, 0.2) is 0 Å². The van der Waals surface area contributed by atoms with Crippen LogP contribution in [-0.2, 0) is 17.3 Å². The van der Waals surface area contributed by atoms with E-state index in [-0.39, 0.29) is 17.1 Å². The third kappa shape index (κ3) is 4.54. The fourth-order valence-electron chi connectivity index (χ4n) is 1.93. The molecule has 0 saturated carbocycles. The zero-order chi connectivity index (χ0) is 17.7. The van der Waals surface area contributed by atoms with Crippen molar-refractivity contribution in [1.82, 2.24) is 5.32 Å². The molecule has 0 aliphatic carbocycles. The highest BCUT2D eigenvalue weighted by molar-refractivity contribution is 7.84. The number of rotatable bonds is 4. The van der Waals surface area contributed by atoms with E-state index in [2.05, 4.69) is 10.6 Å². The summed E-state index contributed by atoms with van der Waals surface area (Å²) in [5.74, 6) is -0.646. The Kier molecular flexibility index (Phi) is 5.90. The molecule has 2 amide bonds. The summed E-state index contributed by atoms with van der Waals surface area (Å²) < 4.78 is 25.0. The molecule has 0 aliphatic heterocycles. The second-order valence-electron chi connectivity index (χ2n) is 4.83. The van der Waals surface area contributed by atoms with Gasteiger partial charge in [-0.3, -0.25) is 4.21 Å². The molecule has 5 nitrogen and oxygen atoms in total. The first-order valence-corrected chi connectivity index (χ1v) is 8.70. The number of carbonyl (C=O) groups excluding carboxylic acids is 1. The Morgan fingerprint density at radius 1 is 1.33 bits per heavy atom. The lowest BCUT2D eigenvalue weighted by Gasteiger charge is -2.09. The zero-order valence-electron chi connectivity index (χ0n) is 12.6. The average molecular weight is 366 g/mol. The molecule has 2 rings (SSSR count). The molecule has 1 atom stereocenters. The molecular formula is C16H13ClFN3O2S. The van der Waals surface area contributed by atoms with E-state index < -0.39 is 22.6 Å². The highest BCUT2D eigenvalue weighted by Crippen LogP contribution is 2.18. The summed E-state index contributed by atoms with van der Waals surface area (Å²) >= 11 is 5.91. The number of nitriles is 1. The minimum Gasteiger partial charge on any atom is -0.334 e. The van der Waals surface area contributed by atoms with Gasteiger partial charge in [0, 0.05) is 18.5 Å². The van der Waals surface area contributed by atoms with Gasteiger partial charge in [-0.1, -0.05) is 17.7 Å². The molecule has 24 heavy (non-hydrogen) atoms. The van der Waals surface area contributed by atoms with Crippen LogP contribution < -0.4 is 10.6 Å². The zero-order valence-corrected chi connectivity index (χ0v) is 14.2. The SMILES string of the molecule is CS(=O)c1ccc(NC(=O)NCc2ccc(C#N)c(Cl)c2)cc1F. The van der Waals surface area contributed by atoms with Crippen LogP contribution in [0.2, 0.25) is 5.02 Å². The predicted molar refractivity (Wildman–Crippen MR) is 90.8 cm³/mol. The van der Waals surface area contributed by atoms with E-state index in [1.807, 2.05) is 6.07 Å². The Labute approximate surface area is 145 Å². The van der Waals surface area contributed by atoms with Gasteiger partial charge in [0.05, 0.1) is 26.3 Å². The van der Waals surface area contributed by atoms with Gasteiger partial charge in [-0.15, -0.1) is 0 Å². The monoisotopic (exact) mass is 365 g/mol. The van der Waals surface area contributed by atoms with Crippen molar-refractivity contribution in [2.24, 2.45) is 0 Å². The van der Waals surface area contributed by atoms with E-state index in [0.717, 1.165) is 11.6 Å². The maximum absolute atomic E-state index is 13.7. The number of hydrogen-bond acceptors (Lipinski definition) is 3. The molecule has 0 radical (unpaired) electrons. The third-order valence-electron chi connectivity index (χ3n) is 3.11. The van der Waals surface area contributed by atoms with Gasteiger partial charge >= 0.3 is 6.03 Å². The van der Waals surface area contributed by atoms with E-state index in [1.54, 1.807) is 18.2 Å². The number of halogens is 2. The van der Waals surface area contributed by atoms with E-state index in [0.29, 0.717) is 10.6 Å². The van der Waals surface area contributed by atoms with E-state index in [9.17, 15) is 13.4 Å². The Morgan fingerprint density at radius 3 is 2.67 bits per heavy atom. The fraction of sp³-hybridized carbons (Fsp3) is 0.125. The lowest BCUT2D eigenvalue weighted by molar-refractivity contribution is 0.251. The lowest BCUT2D eigenvalue weighted by Crippen LogP contribution is -2.28. The topological polar surface area (TPSA) is 82.0 Å². The molecule has 2 N–H and O–H groups in total. The average Bonchev–Trinajstić information content (AvgIpc) is 2.52. The first-order valence-electron chi connectivity index (χ1n) is 6.77. The Bertz CT molecular complexity index is 852. The highest BCUT2D eigenvalue weighted by atomic mass is 35.5. The molecule has 2 aromatic carbocycles. The van der Waals surface area contributed by atoms with Gasteiger partial charge in [0.25, 0.3) is 0 Å². The van der Waals surface area contributed by atoms with Crippen LogP contribution in [0, 0.1) is 17.1 Å². The van der Waals surface area contributed by atoms with Crippen molar-refractivity contribution in [3.05, 3.63) is 58.4 Å². The van der Waals surface area contributed by atoms with Crippen molar-refractivity contribution < 1.29 is 13.4 Å². The molecule has 0 heterocycles. The highest BCUT2D eigenvalue weighted by Gasteiger charge is 2.09. The largest absolute Gasteiger partial charge is 0.334 e. The minimum absolute atomic E-state index is 0.0770. The number of nitrogens with zero attached hydrogens (tertiary/aromatic N) is 1. The summed E-state index contributed by atoms with van der Waals surface area (Å²) in [5.41, 5.74) is 1.32. The quantitative estimate of drug-likeness (QED) is 0.871. The summed E-state index contributed by atoms with van der Waals surface area (Å²) in [6, 6.07) is 10.2.